The van der Waals surface area contributed by atoms with Gasteiger partial charge in [-0.2, -0.15) is 0 Å². The number of rotatable bonds is 6. The van der Waals surface area contributed by atoms with E-state index in [2.05, 4.69) is 24.0 Å². The molecule has 0 spiro atoms. The lowest BCUT2D eigenvalue weighted by Crippen LogP contribution is -2.25. The predicted molar refractivity (Wildman–Crippen MR) is 87.2 cm³/mol. The molecule has 0 atom stereocenters. The molecule has 2 aromatic rings. The number of amidine groups is 1. The Balaban J connectivity index is 2.38. The molecular formula is C17H21N3O. The molecule has 0 aliphatic heterocycles. The van der Waals surface area contributed by atoms with E-state index in [-0.39, 0.29) is 5.84 Å². The normalized spacial score (nSPS) is 10.2. The zero-order valence-corrected chi connectivity index (χ0v) is 12.5. The summed E-state index contributed by atoms with van der Waals surface area (Å²) in [7, 11) is 1.64. The van der Waals surface area contributed by atoms with E-state index >= 15 is 0 Å². The average molecular weight is 283 g/mol. The molecule has 4 nitrogen and oxygen atoms in total. The molecule has 3 N–H and O–H groups in total. The third-order valence-corrected chi connectivity index (χ3v) is 3.43. The van der Waals surface area contributed by atoms with Gasteiger partial charge in [-0.05, 0) is 24.6 Å². The van der Waals surface area contributed by atoms with Gasteiger partial charge in [0.25, 0.3) is 0 Å². The van der Waals surface area contributed by atoms with E-state index in [1.54, 1.807) is 7.11 Å². The Hall–Kier alpha value is -2.49. The second-order valence-corrected chi connectivity index (χ2v) is 4.80. The van der Waals surface area contributed by atoms with Crippen LogP contribution in [0, 0.1) is 5.41 Å². The highest BCUT2D eigenvalue weighted by Gasteiger charge is 2.13. The van der Waals surface area contributed by atoms with Crippen LogP contribution in [-0.2, 0) is 6.54 Å². The van der Waals surface area contributed by atoms with Crippen molar-refractivity contribution in [2.45, 2.75) is 13.5 Å². The third kappa shape index (κ3) is 3.54. The minimum absolute atomic E-state index is 0.0687. The van der Waals surface area contributed by atoms with Gasteiger partial charge in [-0.15, -0.1) is 0 Å². The number of nitrogens with one attached hydrogen (secondary N) is 1. The lowest BCUT2D eigenvalue weighted by Gasteiger charge is -2.26. The molecule has 0 saturated carbocycles. The summed E-state index contributed by atoms with van der Waals surface area (Å²) in [6.07, 6.45) is 0. The SMILES string of the molecule is CCN(Cc1ccccc1)c1cc(OC)ccc1C(=N)N. The van der Waals surface area contributed by atoms with Crippen molar-refractivity contribution < 1.29 is 4.74 Å². The number of nitrogen functional groups attached to an aromatic ring is 1. The molecule has 0 heterocycles. The van der Waals surface area contributed by atoms with E-state index in [9.17, 15) is 0 Å². The monoisotopic (exact) mass is 283 g/mol. The van der Waals surface area contributed by atoms with E-state index in [1.165, 1.54) is 5.56 Å². The molecule has 0 radical (unpaired) electrons. The maximum atomic E-state index is 7.76. The Morgan fingerprint density at radius 3 is 2.48 bits per heavy atom. The average Bonchev–Trinajstić information content (AvgIpc) is 2.52. The zero-order valence-electron chi connectivity index (χ0n) is 12.5. The number of benzene rings is 2. The summed E-state index contributed by atoms with van der Waals surface area (Å²) in [4.78, 5) is 2.19. The Bertz CT molecular complexity index is 611. The van der Waals surface area contributed by atoms with Crippen molar-refractivity contribution in [1.29, 1.82) is 5.41 Å². The van der Waals surface area contributed by atoms with Crippen molar-refractivity contribution in [3.05, 3.63) is 59.7 Å². The Morgan fingerprint density at radius 1 is 1.19 bits per heavy atom. The number of anilines is 1. The highest BCUT2D eigenvalue weighted by molar-refractivity contribution is 6.00. The zero-order chi connectivity index (χ0) is 15.2. The number of nitrogens with two attached hydrogens (primary N) is 1. The largest absolute Gasteiger partial charge is 0.497 e. The van der Waals surface area contributed by atoms with Gasteiger partial charge in [-0.3, -0.25) is 5.41 Å². The van der Waals surface area contributed by atoms with Crippen molar-refractivity contribution >= 4 is 11.5 Å². The summed E-state index contributed by atoms with van der Waals surface area (Å²) >= 11 is 0. The highest BCUT2D eigenvalue weighted by Crippen LogP contribution is 2.27. The number of nitrogens with zero attached hydrogens (tertiary/aromatic N) is 1. The molecule has 2 aromatic carbocycles. The van der Waals surface area contributed by atoms with E-state index in [0.717, 1.165) is 30.1 Å². The smallest absolute Gasteiger partial charge is 0.124 e. The van der Waals surface area contributed by atoms with Gasteiger partial charge in [-0.25, -0.2) is 0 Å². The molecule has 0 amide bonds. The predicted octanol–water partition coefficient (Wildman–Crippen LogP) is 3.01. The van der Waals surface area contributed by atoms with Crippen LogP contribution >= 0.6 is 0 Å². The lowest BCUT2D eigenvalue weighted by molar-refractivity contribution is 0.414. The Morgan fingerprint density at radius 2 is 1.90 bits per heavy atom. The molecule has 0 fully saturated rings. The summed E-state index contributed by atoms with van der Waals surface area (Å²) in [6.45, 7) is 3.68. The number of methoxy groups -OCH3 is 1. The molecule has 0 aliphatic carbocycles. The molecule has 21 heavy (non-hydrogen) atoms. The van der Waals surface area contributed by atoms with Crippen LogP contribution in [0.15, 0.2) is 48.5 Å². The van der Waals surface area contributed by atoms with Gasteiger partial charge in [0.1, 0.15) is 11.6 Å². The topological polar surface area (TPSA) is 62.3 Å². The Kier molecular flexibility index (Phi) is 4.82. The maximum absolute atomic E-state index is 7.76. The van der Waals surface area contributed by atoms with Gasteiger partial charge in [0.05, 0.1) is 12.8 Å². The van der Waals surface area contributed by atoms with Crippen molar-refractivity contribution in [2.24, 2.45) is 5.73 Å². The van der Waals surface area contributed by atoms with Gasteiger partial charge in [0, 0.05) is 24.7 Å². The maximum Gasteiger partial charge on any atom is 0.124 e. The van der Waals surface area contributed by atoms with Crippen LogP contribution in [0.1, 0.15) is 18.1 Å². The van der Waals surface area contributed by atoms with Crippen LogP contribution in [-0.4, -0.2) is 19.5 Å². The summed E-state index contributed by atoms with van der Waals surface area (Å²) in [5.74, 6) is 0.834. The van der Waals surface area contributed by atoms with Gasteiger partial charge in [-0.1, -0.05) is 30.3 Å². The van der Waals surface area contributed by atoms with Crippen molar-refractivity contribution in [1.82, 2.24) is 0 Å². The van der Waals surface area contributed by atoms with E-state index in [0.29, 0.717) is 0 Å². The number of ether oxygens (including phenoxy) is 1. The first-order valence-corrected chi connectivity index (χ1v) is 6.97. The number of hydrogen-bond donors (Lipinski definition) is 2. The van der Waals surface area contributed by atoms with Crippen LogP contribution in [0.3, 0.4) is 0 Å². The summed E-state index contributed by atoms with van der Waals surface area (Å²) < 4.78 is 5.30. The van der Waals surface area contributed by atoms with Crippen molar-refractivity contribution in [3.63, 3.8) is 0 Å². The fourth-order valence-electron chi connectivity index (χ4n) is 2.30. The summed E-state index contributed by atoms with van der Waals surface area (Å²) in [6, 6.07) is 15.9. The molecule has 0 unspecified atom stereocenters. The fourth-order valence-corrected chi connectivity index (χ4v) is 2.30. The second-order valence-electron chi connectivity index (χ2n) is 4.80. The highest BCUT2D eigenvalue weighted by atomic mass is 16.5. The van der Waals surface area contributed by atoms with Gasteiger partial charge >= 0.3 is 0 Å². The Labute approximate surface area is 125 Å². The van der Waals surface area contributed by atoms with Crippen LogP contribution in [0.25, 0.3) is 0 Å². The van der Waals surface area contributed by atoms with Crippen LogP contribution in [0.4, 0.5) is 5.69 Å². The van der Waals surface area contributed by atoms with Crippen molar-refractivity contribution in [3.8, 4) is 5.75 Å². The molecule has 110 valence electrons. The van der Waals surface area contributed by atoms with Gasteiger partial charge < -0.3 is 15.4 Å². The van der Waals surface area contributed by atoms with Crippen LogP contribution in [0.2, 0.25) is 0 Å². The molecule has 0 bridgehead atoms. The van der Waals surface area contributed by atoms with Crippen LogP contribution in [0.5, 0.6) is 5.75 Å². The summed E-state index contributed by atoms with van der Waals surface area (Å²) in [5, 5.41) is 7.76. The first-order valence-electron chi connectivity index (χ1n) is 6.97. The molecule has 0 saturated heterocycles. The van der Waals surface area contributed by atoms with Gasteiger partial charge in [0.15, 0.2) is 0 Å². The van der Waals surface area contributed by atoms with Gasteiger partial charge in [0.2, 0.25) is 0 Å². The minimum Gasteiger partial charge on any atom is -0.497 e. The molecule has 0 aromatic heterocycles. The molecule has 4 heteroatoms. The summed E-state index contributed by atoms with van der Waals surface area (Å²) in [5.41, 5.74) is 8.58. The van der Waals surface area contributed by atoms with E-state index in [1.807, 2.05) is 36.4 Å². The minimum atomic E-state index is 0.0687. The van der Waals surface area contributed by atoms with E-state index < -0.39 is 0 Å². The fraction of sp³-hybridized carbons (Fsp3) is 0.235. The van der Waals surface area contributed by atoms with Crippen molar-refractivity contribution in [2.75, 3.05) is 18.6 Å². The molecule has 0 aliphatic rings. The molecule has 2 rings (SSSR count). The first kappa shape index (κ1) is 14.9. The molecular weight excluding hydrogens is 262 g/mol. The standard InChI is InChI=1S/C17H21N3O/c1-3-20(12-13-7-5-4-6-8-13)16-11-14(21-2)9-10-15(16)17(18)19/h4-11H,3,12H2,1-2H3,(H3,18,19). The third-order valence-electron chi connectivity index (χ3n) is 3.43. The lowest BCUT2D eigenvalue weighted by atomic mass is 10.1. The second kappa shape index (κ2) is 6.79. The quantitative estimate of drug-likeness (QED) is 0.633. The number of hydrogen-bond acceptors (Lipinski definition) is 3. The first-order chi connectivity index (χ1) is 10.2. The van der Waals surface area contributed by atoms with E-state index in [4.69, 9.17) is 15.9 Å². The van der Waals surface area contributed by atoms with Crippen LogP contribution < -0.4 is 15.4 Å².